The summed E-state index contributed by atoms with van der Waals surface area (Å²) in [6, 6.07) is 5.76. The number of carbonyl (C=O) groups is 1. The van der Waals surface area contributed by atoms with Gasteiger partial charge in [0, 0.05) is 11.6 Å². The minimum atomic E-state index is -0.723. The lowest BCUT2D eigenvalue weighted by Crippen LogP contribution is -2.46. The smallest absolute Gasteiger partial charge is 0.327 e. The van der Waals surface area contributed by atoms with Crippen molar-refractivity contribution in [2.75, 3.05) is 5.32 Å². The highest BCUT2D eigenvalue weighted by Gasteiger charge is 2.32. The topological polar surface area (TPSA) is 96.0 Å². The molecule has 3 rings (SSSR count). The number of aromatic amines is 1. The number of rotatable bonds is 4. The lowest BCUT2D eigenvalue weighted by Gasteiger charge is -2.29. The molecule has 8 heteroatoms. The van der Waals surface area contributed by atoms with Gasteiger partial charge in [-0.15, -0.1) is 0 Å². The molecule has 0 spiro atoms. The SMILES string of the molecule is CCCCn1c2c(c(=O)[nH]c1=O)C(c1ccccc1Cl)NC(=O)N2. The molecule has 7 nitrogen and oxygen atoms in total. The van der Waals surface area contributed by atoms with Crippen molar-refractivity contribution in [2.24, 2.45) is 0 Å². The highest BCUT2D eigenvalue weighted by molar-refractivity contribution is 6.31. The minimum Gasteiger partial charge on any atom is -0.327 e. The number of benzene rings is 1. The standard InChI is InChI=1S/C16H17ClN4O3/c1-2-3-8-21-13-11(14(22)20-16(21)24)12(18-15(23)19-13)9-6-4-5-7-10(9)17/h4-7,12H,2-3,8H2,1H3,(H2,18,19,23)(H,20,22,24). The average molecular weight is 349 g/mol. The van der Waals surface area contributed by atoms with Crippen molar-refractivity contribution in [3.05, 3.63) is 61.3 Å². The summed E-state index contributed by atoms with van der Waals surface area (Å²) in [7, 11) is 0. The zero-order chi connectivity index (χ0) is 17.3. The number of hydrogen-bond acceptors (Lipinski definition) is 3. The van der Waals surface area contributed by atoms with Gasteiger partial charge in [0.2, 0.25) is 0 Å². The molecule has 0 aliphatic carbocycles. The van der Waals surface area contributed by atoms with Gasteiger partial charge in [0.1, 0.15) is 5.82 Å². The number of fused-ring (bicyclic) bond motifs is 1. The van der Waals surface area contributed by atoms with E-state index in [1.54, 1.807) is 24.3 Å². The van der Waals surface area contributed by atoms with Crippen molar-refractivity contribution in [1.82, 2.24) is 14.9 Å². The Hall–Kier alpha value is -2.54. The van der Waals surface area contributed by atoms with Gasteiger partial charge in [-0.05, 0) is 18.1 Å². The molecule has 0 fully saturated rings. The first-order valence-corrected chi connectivity index (χ1v) is 8.09. The predicted molar refractivity (Wildman–Crippen MR) is 91.7 cm³/mol. The van der Waals surface area contributed by atoms with E-state index in [4.69, 9.17) is 11.6 Å². The Morgan fingerprint density at radius 3 is 2.67 bits per heavy atom. The van der Waals surface area contributed by atoms with Crippen LogP contribution >= 0.6 is 11.6 Å². The number of halogens is 1. The van der Waals surface area contributed by atoms with Crippen LogP contribution in [0.1, 0.15) is 36.9 Å². The summed E-state index contributed by atoms with van der Waals surface area (Å²) in [6.45, 7) is 2.40. The van der Waals surface area contributed by atoms with Gasteiger partial charge in [-0.25, -0.2) is 9.59 Å². The molecule has 24 heavy (non-hydrogen) atoms. The summed E-state index contributed by atoms with van der Waals surface area (Å²) >= 11 is 6.23. The molecule has 0 saturated carbocycles. The number of anilines is 1. The first-order valence-electron chi connectivity index (χ1n) is 7.72. The van der Waals surface area contributed by atoms with E-state index < -0.39 is 23.3 Å². The molecular weight excluding hydrogens is 332 g/mol. The van der Waals surface area contributed by atoms with Crippen molar-refractivity contribution in [3.8, 4) is 0 Å². The van der Waals surface area contributed by atoms with Crippen molar-refractivity contribution in [1.29, 1.82) is 0 Å². The van der Waals surface area contributed by atoms with Gasteiger partial charge in [-0.1, -0.05) is 43.1 Å². The highest BCUT2D eigenvalue weighted by Crippen LogP contribution is 2.32. The number of amides is 2. The van der Waals surface area contributed by atoms with Gasteiger partial charge >= 0.3 is 11.7 Å². The third-order valence-corrected chi connectivity index (χ3v) is 4.33. The number of H-pyrrole nitrogens is 1. The van der Waals surface area contributed by atoms with Crippen LogP contribution in [-0.4, -0.2) is 15.6 Å². The normalized spacial score (nSPS) is 16.2. The van der Waals surface area contributed by atoms with Crippen molar-refractivity contribution in [2.45, 2.75) is 32.4 Å². The number of unbranched alkanes of at least 4 members (excludes halogenated alkanes) is 1. The summed E-state index contributed by atoms with van der Waals surface area (Å²) < 4.78 is 1.39. The van der Waals surface area contributed by atoms with Gasteiger partial charge < -0.3 is 5.32 Å². The van der Waals surface area contributed by atoms with E-state index >= 15 is 0 Å². The Bertz CT molecular complexity index is 903. The van der Waals surface area contributed by atoms with Gasteiger partial charge in [0.25, 0.3) is 5.56 Å². The van der Waals surface area contributed by atoms with Gasteiger partial charge in [-0.3, -0.25) is 19.7 Å². The Balaban J connectivity index is 2.23. The maximum Gasteiger partial charge on any atom is 0.329 e. The Morgan fingerprint density at radius 2 is 1.96 bits per heavy atom. The number of carbonyl (C=O) groups excluding carboxylic acids is 1. The number of nitrogens with zero attached hydrogens (tertiary/aromatic N) is 1. The Morgan fingerprint density at radius 1 is 1.21 bits per heavy atom. The maximum atomic E-state index is 12.4. The first kappa shape index (κ1) is 16.3. The minimum absolute atomic E-state index is 0.228. The molecule has 1 aromatic heterocycles. The lowest BCUT2D eigenvalue weighted by atomic mass is 9.98. The van der Waals surface area contributed by atoms with Crippen LogP contribution in [0.15, 0.2) is 33.9 Å². The summed E-state index contributed by atoms with van der Waals surface area (Å²) in [4.78, 5) is 39.0. The molecule has 0 radical (unpaired) electrons. The first-order chi connectivity index (χ1) is 11.5. The van der Waals surface area contributed by atoms with Crippen LogP contribution in [0.3, 0.4) is 0 Å². The number of nitrogens with one attached hydrogen (secondary N) is 3. The van der Waals surface area contributed by atoms with Crippen LogP contribution in [0.25, 0.3) is 0 Å². The second-order valence-corrected chi connectivity index (χ2v) is 5.99. The zero-order valence-electron chi connectivity index (χ0n) is 13.1. The molecule has 0 bridgehead atoms. The maximum absolute atomic E-state index is 12.4. The van der Waals surface area contributed by atoms with E-state index in [1.165, 1.54) is 4.57 Å². The number of aromatic nitrogens is 2. The van der Waals surface area contributed by atoms with Gasteiger partial charge in [0.05, 0.1) is 11.6 Å². The van der Waals surface area contributed by atoms with E-state index in [0.29, 0.717) is 17.1 Å². The predicted octanol–water partition coefficient (Wildman–Crippen LogP) is 2.21. The summed E-state index contributed by atoms with van der Waals surface area (Å²) in [5.41, 5.74) is -0.202. The monoisotopic (exact) mass is 348 g/mol. The molecule has 2 amide bonds. The van der Waals surface area contributed by atoms with Crippen LogP contribution in [0.4, 0.5) is 10.6 Å². The highest BCUT2D eigenvalue weighted by atomic mass is 35.5. The summed E-state index contributed by atoms with van der Waals surface area (Å²) in [6.07, 6.45) is 1.62. The fraction of sp³-hybridized carbons (Fsp3) is 0.312. The second-order valence-electron chi connectivity index (χ2n) is 5.58. The molecule has 2 heterocycles. The molecule has 2 aromatic rings. The largest absolute Gasteiger partial charge is 0.329 e. The van der Waals surface area contributed by atoms with Gasteiger partial charge in [-0.2, -0.15) is 0 Å². The van der Waals surface area contributed by atoms with Crippen LogP contribution < -0.4 is 21.9 Å². The molecule has 0 saturated heterocycles. The fourth-order valence-corrected chi connectivity index (χ4v) is 3.05. The molecule has 3 N–H and O–H groups in total. The van der Waals surface area contributed by atoms with Crippen LogP contribution in [0, 0.1) is 0 Å². The van der Waals surface area contributed by atoms with Gasteiger partial charge in [0.15, 0.2) is 0 Å². The van der Waals surface area contributed by atoms with E-state index in [0.717, 1.165) is 12.8 Å². The molecule has 1 atom stereocenters. The molecule has 1 unspecified atom stereocenters. The van der Waals surface area contributed by atoms with Crippen LogP contribution in [0.5, 0.6) is 0 Å². The lowest BCUT2D eigenvalue weighted by molar-refractivity contribution is 0.248. The molecular formula is C16H17ClN4O3. The molecule has 126 valence electrons. The van der Waals surface area contributed by atoms with Crippen molar-refractivity contribution < 1.29 is 4.79 Å². The summed E-state index contributed by atoms with van der Waals surface area (Å²) in [5.74, 6) is 0.228. The third kappa shape index (κ3) is 2.82. The average Bonchev–Trinajstić information content (AvgIpc) is 2.54. The van der Waals surface area contributed by atoms with E-state index in [-0.39, 0.29) is 11.4 Å². The van der Waals surface area contributed by atoms with Crippen molar-refractivity contribution >= 4 is 23.4 Å². The van der Waals surface area contributed by atoms with Crippen LogP contribution in [-0.2, 0) is 6.54 Å². The Labute approximate surface area is 142 Å². The molecule has 1 aliphatic rings. The quantitative estimate of drug-likeness (QED) is 0.790. The number of hydrogen-bond donors (Lipinski definition) is 3. The fourth-order valence-electron chi connectivity index (χ4n) is 2.81. The Kier molecular flexibility index (Phi) is 4.44. The van der Waals surface area contributed by atoms with E-state index in [1.807, 2.05) is 6.92 Å². The van der Waals surface area contributed by atoms with Crippen LogP contribution in [0.2, 0.25) is 5.02 Å². The van der Waals surface area contributed by atoms with E-state index in [2.05, 4.69) is 15.6 Å². The molecule has 1 aliphatic heterocycles. The third-order valence-electron chi connectivity index (χ3n) is 3.98. The summed E-state index contributed by atoms with van der Waals surface area (Å²) in [5, 5.41) is 5.72. The zero-order valence-corrected chi connectivity index (χ0v) is 13.8. The van der Waals surface area contributed by atoms with Crippen molar-refractivity contribution in [3.63, 3.8) is 0 Å². The molecule has 1 aromatic carbocycles. The number of urea groups is 1. The van der Waals surface area contributed by atoms with E-state index in [9.17, 15) is 14.4 Å². The second kappa shape index (κ2) is 6.52.